The molecule has 0 spiro atoms. The Morgan fingerprint density at radius 2 is 1.89 bits per heavy atom. The number of hydrogen-bond donors (Lipinski definition) is 1. The number of halogens is 1. The van der Waals surface area contributed by atoms with Crippen LogP contribution in [0, 0.1) is 0 Å². The molecule has 2 aromatic rings. The molecule has 0 fully saturated rings. The lowest BCUT2D eigenvalue weighted by atomic mass is 10.0. The zero-order chi connectivity index (χ0) is 13.7. The molecule has 0 radical (unpaired) electrons. The molecule has 2 atom stereocenters. The van der Waals surface area contributed by atoms with Gasteiger partial charge in [-0.15, -0.1) is 0 Å². The van der Waals surface area contributed by atoms with E-state index in [4.69, 9.17) is 11.6 Å². The van der Waals surface area contributed by atoms with Crippen LogP contribution < -0.4 is 5.32 Å². The SMILES string of the molecule is CCC(N[C@H](C)c1ccccn1)c1ccc(Cl)cc1. The van der Waals surface area contributed by atoms with Gasteiger partial charge in [0.1, 0.15) is 0 Å². The standard InChI is InChI=1S/C16H19ClN2/c1-3-15(13-7-9-14(17)10-8-13)19-12(2)16-6-4-5-11-18-16/h4-12,15,19H,3H2,1-2H3/t12-,15?/m1/s1. The highest BCUT2D eigenvalue weighted by Crippen LogP contribution is 2.22. The van der Waals surface area contributed by atoms with Gasteiger partial charge >= 0.3 is 0 Å². The number of nitrogens with one attached hydrogen (secondary N) is 1. The minimum atomic E-state index is 0.224. The van der Waals surface area contributed by atoms with Crippen molar-refractivity contribution in [3.63, 3.8) is 0 Å². The van der Waals surface area contributed by atoms with Crippen molar-refractivity contribution in [2.45, 2.75) is 32.4 Å². The minimum absolute atomic E-state index is 0.224. The molecule has 3 heteroatoms. The van der Waals surface area contributed by atoms with Crippen molar-refractivity contribution in [3.8, 4) is 0 Å². The van der Waals surface area contributed by atoms with E-state index in [1.165, 1.54) is 5.56 Å². The zero-order valence-electron chi connectivity index (χ0n) is 11.3. The fraction of sp³-hybridized carbons (Fsp3) is 0.312. The summed E-state index contributed by atoms with van der Waals surface area (Å²) in [4.78, 5) is 4.39. The molecule has 0 aliphatic heterocycles. The van der Waals surface area contributed by atoms with Crippen LogP contribution in [0.2, 0.25) is 5.02 Å². The molecule has 0 aliphatic rings. The first-order chi connectivity index (χ1) is 9.20. The van der Waals surface area contributed by atoms with Crippen molar-refractivity contribution in [3.05, 3.63) is 64.9 Å². The molecular formula is C16H19ClN2. The third-order valence-electron chi connectivity index (χ3n) is 3.26. The van der Waals surface area contributed by atoms with Gasteiger partial charge in [0.15, 0.2) is 0 Å². The highest BCUT2D eigenvalue weighted by molar-refractivity contribution is 6.30. The lowest BCUT2D eigenvalue weighted by Crippen LogP contribution is -2.24. The summed E-state index contributed by atoms with van der Waals surface area (Å²) in [5.41, 5.74) is 2.32. The van der Waals surface area contributed by atoms with Crippen molar-refractivity contribution < 1.29 is 0 Å². The molecule has 0 amide bonds. The van der Waals surface area contributed by atoms with Crippen LogP contribution in [-0.2, 0) is 0 Å². The molecule has 0 saturated carbocycles. The topological polar surface area (TPSA) is 24.9 Å². The molecule has 1 aromatic carbocycles. The first-order valence-electron chi connectivity index (χ1n) is 6.63. The number of benzene rings is 1. The average molecular weight is 275 g/mol. The summed E-state index contributed by atoms with van der Waals surface area (Å²) < 4.78 is 0. The van der Waals surface area contributed by atoms with Crippen LogP contribution in [0.25, 0.3) is 0 Å². The van der Waals surface area contributed by atoms with E-state index in [1.54, 1.807) is 0 Å². The quantitative estimate of drug-likeness (QED) is 0.866. The Kier molecular flexibility index (Phi) is 4.94. The van der Waals surface area contributed by atoms with Gasteiger partial charge in [0.05, 0.1) is 5.69 Å². The summed E-state index contributed by atoms with van der Waals surface area (Å²) in [5, 5.41) is 4.39. The Morgan fingerprint density at radius 1 is 1.16 bits per heavy atom. The maximum absolute atomic E-state index is 5.93. The summed E-state index contributed by atoms with van der Waals surface area (Å²) in [6.07, 6.45) is 2.86. The monoisotopic (exact) mass is 274 g/mol. The van der Waals surface area contributed by atoms with Crippen molar-refractivity contribution in [1.29, 1.82) is 0 Å². The Balaban J connectivity index is 2.09. The molecule has 0 saturated heterocycles. The average Bonchev–Trinajstić information content (AvgIpc) is 2.46. The lowest BCUT2D eigenvalue weighted by molar-refractivity contribution is 0.450. The molecule has 100 valence electrons. The molecule has 19 heavy (non-hydrogen) atoms. The van der Waals surface area contributed by atoms with Crippen molar-refractivity contribution in [2.24, 2.45) is 0 Å². The Morgan fingerprint density at radius 3 is 2.47 bits per heavy atom. The van der Waals surface area contributed by atoms with Gasteiger partial charge in [-0.25, -0.2) is 0 Å². The number of pyridine rings is 1. The van der Waals surface area contributed by atoms with Gasteiger partial charge in [-0.1, -0.05) is 36.7 Å². The Bertz CT molecular complexity index is 496. The van der Waals surface area contributed by atoms with Crippen LogP contribution in [-0.4, -0.2) is 4.98 Å². The van der Waals surface area contributed by atoms with Gasteiger partial charge in [0, 0.05) is 23.3 Å². The molecule has 2 nitrogen and oxygen atoms in total. The van der Waals surface area contributed by atoms with E-state index in [-0.39, 0.29) is 6.04 Å². The molecule has 0 bridgehead atoms. The van der Waals surface area contributed by atoms with E-state index in [1.807, 2.05) is 36.5 Å². The van der Waals surface area contributed by atoms with Gasteiger partial charge in [-0.2, -0.15) is 0 Å². The fourth-order valence-electron chi connectivity index (χ4n) is 2.16. The van der Waals surface area contributed by atoms with Gasteiger partial charge in [-0.3, -0.25) is 4.98 Å². The lowest BCUT2D eigenvalue weighted by Gasteiger charge is -2.22. The maximum atomic E-state index is 5.93. The summed E-state index contributed by atoms with van der Waals surface area (Å²) in [6, 6.07) is 14.6. The van der Waals surface area contributed by atoms with Crippen molar-refractivity contribution in [1.82, 2.24) is 10.3 Å². The minimum Gasteiger partial charge on any atom is -0.302 e. The summed E-state index contributed by atoms with van der Waals surface area (Å²) >= 11 is 5.93. The van der Waals surface area contributed by atoms with E-state index in [9.17, 15) is 0 Å². The summed E-state index contributed by atoms with van der Waals surface area (Å²) in [7, 11) is 0. The number of hydrogen-bond acceptors (Lipinski definition) is 2. The third-order valence-corrected chi connectivity index (χ3v) is 3.52. The first kappa shape index (κ1) is 14.0. The summed E-state index contributed by atoms with van der Waals surface area (Å²) in [6.45, 7) is 4.32. The zero-order valence-corrected chi connectivity index (χ0v) is 12.1. The molecule has 1 N–H and O–H groups in total. The van der Waals surface area contributed by atoms with Gasteiger partial charge in [0.2, 0.25) is 0 Å². The predicted molar refractivity (Wildman–Crippen MR) is 80.3 cm³/mol. The van der Waals surface area contributed by atoms with Gasteiger partial charge < -0.3 is 5.32 Å². The smallest absolute Gasteiger partial charge is 0.0570 e. The number of aromatic nitrogens is 1. The largest absolute Gasteiger partial charge is 0.302 e. The van der Waals surface area contributed by atoms with Crippen LogP contribution in [0.4, 0.5) is 0 Å². The van der Waals surface area contributed by atoms with Gasteiger partial charge in [-0.05, 0) is 43.2 Å². The van der Waals surface area contributed by atoms with E-state index < -0.39 is 0 Å². The molecular weight excluding hydrogens is 256 g/mol. The summed E-state index contributed by atoms with van der Waals surface area (Å²) in [5.74, 6) is 0. The number of rotatable bonds is 5. The van der Waals surface area contributed by atoms with Crippen LogP contribution in [0.15, 0.2) is 48.7 Å². The molecule has 1 aromatic heterocycles. The van der Waals surface area contributed by atoms with Gasteiger partial charge in [0.25, 0.3) is 0 Å². The van der Waals surface area contributed by atoms with Crippen LogP contribution in [0.1, 0.15) is 43.6 Å². The van der Waals surface area contributed by atoms with Crippen LogP contribution >= 0.6 is 11.6 Å². The Hall–Kier alpha value is -1.38. The van der Waals surface area contributed by atoms with Crippen LogP contribution in [0.5, 0.6) is 0 Å². The predicted octanol–water partition coefficient (Wildman–Crippen LogP) is 4.54. The first-order valence-corrected chi connectivity index (χ1v) is 7.01. The highest BCUT2D eigenvalue weighted by atomic mass is 35.5. The van der Waals surface area contributed by atoms with Crippen LogP contribution in [0.3, 0.4) is 0 Å². The van der Waals surface area contributed by atoms with E-state index in [0.29, 0.717) is 6.04 Å². The molecule has 2 rings (SSSR count). The second kappa shape index (κ2) is 6.69. The molecule has 1 unspecified atom stereocenters. The van der Waals surface area contributed by atoms with E-state index in [2.05, 4.69) is 36.3 Å². The van der Waals surface area contributed by atoms with E-state index >= 15 is 0 Å². The Labute approximate surface area is 119 Å². The number of nitrogens with zero attached hydrogens (tertiary/aromatic N) is 1. The normalized spacial score (nSPS) is 14.1. The second-order valence-electron chi connectivity index (χ2n) is 4.66. The highest BCUT2D eigenvalue weighted by Gasteiger charge is 2.14. The third kappa shape index (κ3) is 3.79. The second-order valence-corrected chi connectivity index (χ2v) is 5.09. The van der Waals surface area contributed by atoms with E-state index in [0.717, 1.165) is 17.1 Å². The molecule has 1 heterocycles. The van der Waals surface area contributed by atoms with Crippen molar-refractivity contribution in [2.75, 3.05) is 0 Å². The maximum Gasteiger partial charge on any atom is 0.0570 e. The van der Waals surface area contributed by atoms with Crippen molar-refractivity contribution >= 4 is 11.6 Å². The molecule has 0 aliphatic carbocycles. The fourth-order valence-corrected chi connectivity index (χ4v) is 2.29.